The van der Waals surface area contributed by atoms with Gasteiger partial charge in [-0.2, -0.15) is 0 Å². The average molecular weight is 288 g/mol. The van der Waals surface area contributed by atoms with Gasteiger partial charge in [0, 0.05) is 10.9 Å². The summed E-state index contributed by atoms with van der Waals surface area (Å²) in [6.45, 7) is 3.54. The van der Waals surface area contributed by atoms with Gasteiger partial charge in [-0.1, -0.05) is 38.9 Å². The second-order valence-corrected chi connectivity index (χ2v) is 5.82. The number of phenolic OH excluding ortho intramolecular Hbond substituents is 1. The van der Waals surface area contributed by atoms with Crippen LogP contribution < -0.4 is 15.3 Å². The molecule has 2 rings (SSSR count). The number of ketones is 1. The van der Waals surface area contributed by atoms with Gasteiger partial charge in [0.25, 0.3) is 0 Å². The predicted molar refractivity (Wildman–Crippen MR) is 83.4 cm³/mol. The van der Waals surface area contributed by atoms with Gasteiger partial charge < -0.3 is 9.84 Å². The highest BCUT2D eigenvalue weighted by Gasteiger charge is 2.14. The maximum Gasteiger partial charge on any atom is 0.165 e. The third kappa shape index (κ3) is 2.83. The quantitative estimate of drug-likeness (QED) is 0.694. The van der Waals surface area contributed by atoms with Crippen LogP contribution in [0.4, 0.5) is 0 Å². The Morgan fingerprint density at radius 2 is 1.90 bits per heavy atom. The van der Waals surface area contributed by atoms with E-state index in [4.69, 9.17) is 4.74 Å². The molecule has 0 bridgehead atoms. The Labute approximate surface area is 120 Å². The highest BCUT2D eigenvalue weighted by molar-refractivity contribution is 7.56. The Kier molecular flexibility index (Phi) is 4.41. The molecule has 1 N–H and O–H groups in total. The monoisotopic (exact) mass is 288 g/mol. The van der Waals surface area contributed by atoms with E-state index in [1.54, 1.807) is 13.0 Å². The summed E-state index contributed by atoms with van der Waals surface area (Å²) in [7, 11) is 1.74. The van der Waals surface area contributed by atoms with E-state index in [2.05, 4.69) is 0 Å². The average Bonchev–Trinajstić information content (AvgIpc) is 2.42. The number of benzene rings is 2. The molecule has 0 spiro atoms. The van der Waals surface area contributed by atoms with Crippen LogP contribution in [0.25, 0.3) is 0 Å². The Bertz CT molecular complexity index is 650. The van der Waals surface area contributed by atoms with Crippen molar-refractivity contribution in [2.75, 3.05) is 7.11 Å². The molecule has 4 heteroatoms. The third-order valence-corrected chi connectivity index (χ3v) is 4.72. The summed E-state index contributed by atoms with van der Waals surface area (Å²) in [6.07, 6.45) is 0. The van der Waals surface area contributed by atoms with Crippen molar-refractivity contribution in [3.63, 3.8) is 0 Å². The molecule has 0 saturated heterocycles. The van der Waals surface area contributed by atoms with E-state index in [9.17, 15) is 9.90 Å². The van der Waals surface area contributed by atoms with Crippen molar-refractivity contribution in [3.05, 3.63) is 47.5 Å². The van der Waals surface area contributed by atoms with Crippen molar-refractivity contribution in [1.82, 2.24) is 0 Å². The molecule has 0 aromatic heterocycles. The molecule has 0 fully saturated rings. The molecular formula is C16H17O3P. The van der Waals surface area contributed by atoms with Crippen molar-refractivity contribution in [3.8, 4) is 11.5 Å². The number of phenols is 1. The minimum Gasteiger partial charge on any atom is -0.504 e. The van der Waals surface area contributed by atoms with E-state index in [0.717, 1.165) is 16.2 Å². The van der Waals surface area contributed by atoms with Crippen molar-refractivity contribution in [1.29, 1.82) is 0 Å². The number of Topliss-reactive ketones (excluding diaryl/α,β-unsaturated/α-hetero) is 1. The first-order valence-corrected chi connectivity index (χ1v) is 7.28. The molecule has 3 nitrogen and oxygen atoms in total. The molecule has 0 aliphatic rings. The number of rotatable bonds is 4. The fourth-order valence-electron chi connectivity index (χ4n) is 2.05. The summed E-state index contributed by atoms with van der Waals surface area (Å²) in [5.41, 5.74) is 1.77. The van der Waals surface area contributed by atoms with Crippen LogP contribution in [0, 0.1) is 6.92 Å². The number of carbonyl (C=O) groups is 1. The fraction of sp³-hybridized carbons (Fsp3) is 0.188. The molecule has 0 heterocycles. The highest BCUT2D eigenvalue weighted by Crippen LogP contribution is 2.29. The van der Waals surface area contributed by atoms with Crippen LogP contribution in [-0.2, 0) is 0 Å². The lowest BCUT2D eigenvalue weighted by Gasteiger charge is -2.13. The summed E-state index contributed by atoms with van der Waals surface area (Å²) in [5.74, 6) is 0.637. The number of ether oxygens (including phenoxy) is 1. The van der Waals surface area contributed by atoms with Gasteiger partial charge in [0.05, 0.1) is 7.11 Å². The second-order valence-electron chi connectivity index (χ2n) is 4.54. The van der Waals surface area contributed by atoms with E-state index >= 15 is 0 Å². The summed E-state index contributed by atoms with van der Waals surface area (Å²) >= 11 is 0. The van der Waals surface area contributed by atoms with E-state index in [1.165, 1.54) is 7.11 Å². The van der Waals surface area contributed by atoms with E-state index in [-0.39, 0.29) is 20.1 Å². The Hall–Kier alpha value is -1.86. The number of para-hydroxylation sites is 1. The first-order valence-electron chi connectivity index (χ1n) is 6.28. The van der Waals surface area contributed by atoms with Gasteiger partial charge >= 0.3 is 0 Å². The minimum atomic E-state index is 0.0404. The van der Waals surface area contributed by atoms with Gasteiger partial charge in [-0.3, -0.25) is 4.79 Å². The molecule has 2 aromatic carbocycles. The van der Waals surface area contributed by atoms with Crippen LogP contribution >= 0.6 is 8.58 Å². The molecule has 1 atom stereocenters. The lowest BCUT2D eigenvalue weighted by atomic mass is 10.1. The smallest absolute Gasteiger partial charge is 0.165 e. The number of carbonyl (C=O) groups excluding carboxylic acids is 1. The minimum absolute atomic E-state index is 0.0404. The number of aryl methyl sites for hydroxylation is 1. The number of hydrogen-bond acceptors (Lipinski definition) is 3. The van der Waals surface area contributed by atoms with Gasteiger partial charge in [0.2, 0.25) is 0 Å². The van der Waals surface area contributed by atoms with Crippen molar-refractivity contribution in [2.45, 2.75) is 13.8 Å². The zero-order chi connectivity index (χ0) is 14.7. The molecule has 0 amide bonds. The molecule has 0 radical (unpaired) electrons. The van der Waals surface area contributed by atoms with Crippen LogP contribution in [0.5, 0.6) is 11.5 Å². The van der Waals surface area contributed by atoms with Gasteiger partial charge in [-0.05, 0) is 30.8 Å². The zero-order valence-electron chi connectivity index (χ0n) is 11.7. The van der Waals surface area contributed by atoms with Gasteiger partial charge in [-0.25, -0.2) is 0 Å². The fourth-order valence-corrected chi connectivity index (χ4v) is 3.41. The Morgan fingerprint density at radius 1 is 1.20 bits per heavy atom. The third-order valence-electron chi connectivity index (χ3n) is 3.13. The first-order chi connectivity index (χ1) is 9.54. The highest BCUT2D eigenvalue weighted by atomic mass is 31.1. The topological polar surface area (TPSA) is 46.5 Å². The number of hydrogen-bond donors (Lipinski definition) is 1. The molecule has 1 unspecified atom stereocenters. The standard InChI is InChI=1S/C16H17O3P/c1-10-6-4-7-12(11(2)17)16(10)20-14-9-5-8-13(19-3)15(14)18/h4-9,18,20H,1-3H3. The number of methoxy groups -OCH3 is 1. The zero-order valence-corrected chi connectivity index (χ0v) is 12.7. The second kappa shape index (κ2) is 6.06. The predicted octanol–water partition coefficient (Wildman–Crippen LogP) is 2.54. The van der Waals surface area contributed by atoms with Gasteiger partial charge in [-0.15, -0.1) is 0 Å². The van der Waals surface area contributed by atoms with E-state index in [1.807, 2.05) is 37.3 Å². The first kappa shape index (κ1) is 14.5. The summed E-state index contributed by atoms with van der Waals surface area (Å²) in [6, 6.07) is 11.1. The number of aromatic hydroxyl groups is 1. The van der Waals surface area contributed by atoms with E-state index < -0.39 is 0 Å². The Balaban J connectivity index is 2.48. The van der Waals surface area contributed by atoms with Crippen LogP contribution in [0.2, 0.25) is 0 Å². The van der Waals surface area contributed by atoms with Crippen molar-refractivity contribution in [2.24, 2.45) is 0 Å². The Morgan fingerprint density at radius 3 is 2.55 bits per heavy atom. The molecule has 0 saturated carbocycles. The summed E-state index contributed by atoms with van der Waals surface area (Å²) in [4.78, 5) is 11.7. The van der Waals surface area contributed by atoms with Crippen molar-refractivity contribution < 1.29 is 14.6 Å². The largest absolute Gasteiger partial charge is 0.504 e. The van der Waals surface area contributed by atoms with E-state index in [0.29, 0.717) is 11.3 Å². The van der Waals surface area contributed by atoms with Crippen LogP contribution in [0.3, 0.4) is 0 Å². The molecule has 2 aromatic rings. The van der Waals surface area contributed by atoms with Crippen LogP contribution in [0.1, 0.15) is 22.8 Å². The summed E-state index contributed by atoms with van der Waals surface area (Å²) in [5, 5.41) is 11.9. The summed E-state index contributed by atoms with van der Waals surface area (Å²) < 4.78 is 5.12. The SMILES string of the molecule is COc1cccc(Pc2c(C)cccc2C(C)=O)c1O. The maximum absolute atomic E-state index is 11.7. The molecule has 0 aliphatic heterocycles. The van der Waals surface area contributed by atoms with Crippen LogP contribution in [0.15, 0.2) is 36.4 Å². The normalized spacial score (nSPS) is 10.9. The lowest BCUT2D eigenvalue weighted by Crippen LogP contribution is -2.15. The van der Waals surface area contributed by atoms with Crippen molar-refractivity contribution >= 4 is 25.0 Å². The van der Waals surface area contributed by atoms with Gasteiger partial charge in [0.1, 0.15) is 0 Å². The maximum atomic E-state index is 11.7. The molecule has 104 valence electrons. The molecule has 0 aliphatic carbocycles. The van der Waals surface area contributed by atoms with Gasteiger partial charge in [0.15, 0.2) is 17.3 Å². The molecule has 20 heavy (non-hydrogen) atoms. The van der Waals surface area contributed by atoms with Crippen LogP contribution in [-0.4, -0.2) is 18.0 Å². The molecular weight excluding hydrogens is 271 g/mol. The lowest BCUT2D eigenvalue weighted by molar-refractivity contribution is 0.101.